The van der Waals surface area contributed by atoms with E-state index in [1.54, 1.807) is 43.5 Å². The molecule has 0 unspecified atom stereocenters. The number of ether oxygens (including phenoxy) is 1. The van der Waals surface area contributed by atoms with Gasteiger partial charge in [0.15, 0.2) is 0 Å². The molecule has 28 heavy (non-hydrogen) atoms. The summed E-state index contributed by atoms with van der Waals surface area (Å²) < 4.78 is 35.2. The van der Waals surface area contributed by atoms with Crippen LogP contribution >= 0.6 is 11.6 Å². The lowest BCUT2D eigenvalue weighted by Crippen LogP contribution is -2.33. The first-order chi connectivity index (χ1) is 13.5. The number of nitrogens with zero attached hydrogens (tertiary/aromatic N) is 2. The SMILES string of the molecule is COc1cccc([C@H]2CN(c3ccccc3)S(=O)(=O)N2c2ccc(Cl)cc2)c1. The molecular weight excluding hydrogens is 396 g/mol. The van der Waals surface area contributed by atoms with E-state index in [2.05, 4.69) is 0 Å². The van der Waals surface area contributed by atoms with Crippen molar-refractivity contribution in [3.63, 3.8) is 0 Å². The van der Waals surface area contributed by atoms with Crippen LogP contribution in [0.15, 0.2) is 78.9 Å². The maximum atomic E-state index is 13.5. The first kappa shape index (κ1) is 18.7. The minimum absolute atomic E-state index is 0.294. The zero-order valence-electron chi connectivity index (χ0n) is 15.2. The van der Waals surface area contributed by atoms with Gasteiger partial charge >= 0.3 is 10.2 Å². The van der Waals surface area contributed by atoms with Gasteiger partial charge in [-0.2, -0.15) is 8.42 Å². The number of rotatable bonds is 4. The van der Waals surface area contributed by atoms with Gasteiger partial charge in [-0.15, -0.1) is 0 Å². The van der Waals surface area contributed by atoms with E-state index in [1.165, 1.54) is 8.61 Å². The zero-order valence-corrected chi connectivity index (χ0v) is 16.8. The van der Waals surface area contributed by atoms with E-state index in [-0.39, 0.29) is 0 Å². The summed E-state index contributed by atoms with van der Waals surface area (Å²) in [5.74, 6) is 0.684. The van der Waals surface area contributed by atoms with Gasteiger partial charge < -0.3 is 4.74 Å². The van der Waals surface area contributed by atoms with Crippen LogP contribution in [0, 0.1) is 0 Å². The molecule has 0 spiro atoms. The van der Waals surface area contributed by atoms with E-state index >= 15 is 0 Å². The van der Waals surface area contributed by atoms with Crippen LogP contribution in [0.4, 0.5) is 11.4 Å². The number of para-hydroxylation sites is 1. The van der Waals surface area contributed by atoms with E-state index in [1.807, 2.05) is 42.5 Å². The summed E-state index contributed by atoms with van der Waals surface area (Å²) in [6, 6.07) is 23.1. The third-order valence-corrected chi connectivity index (χ3v) is 6.88. The van der Waals surface area contributed by atoms with E-state index in [0.29, 0.717) is 28.7 Å². The fourth-order valence-electron chi connectivity index (χ4n) is 3.42. The molecule has 3 aromatic carbocycles. The smallest absolute Gasteiger partial charge is 0.327 e. The lowest BCUT2D eigenvalue weighted by Gasteiger charge is -2.25. The van der Waals surface area contributed by atoms with Crippen molar-refractivity contribution in [3.8, 4) is 5.75 Å². The average molecular weight is 415 g/mol. The summed E-state index contributed by atoms with van der Waals surface area (Å²) >= 11 is 6.01. The van der Waals surface area contributed by atoms with Crippen LogP contribution in [0.1, 0.15) is 11.6 Å². The van der Waals surface area contributed by atoms with Crippen LogP contribution in [0.2, 0.25) is 5.02 Å². The second kappa shape index (κ2) is 7.37. The van der Waals surface area contributed by atoms with E-state index in [9.17, 15) is 8.42 Å². The summed E-state index contributed by atoms with van der Waals surface area (Å²) in [5, 5.41) is 0.554. The summed E-state index contributed by atoms with van der Waals surface area (Å²) in [4.78, 5) is 0. The number of halogens is 1. The predicted molar refractivity (Wildman–Crippen MR) is 112 cm³/mol. The Bertz CT molecular complexity index is 1070. The molecule has 7 heteroatoms. The van der Waals surface area contributed by atoms with E-state index in [0.717, 1.165) is 5.56 Å². The summed E-state index contributed by atoms with van der Waals surface area (Å²) in [6.45, 7) is 0.294. The fourth-order valence-corrected chi connectivity index (χ4v) is 5.37. The minimum atomic E-state index is -3.78. The third-order valence-electron chi connectivity index (χ3n) is 4.75. The molecule has 5 nitrogen and oxygen atoms in total. The molecule has 0 aromatic heterocycles. The summed E-state index contributed by atoms with van der Waals surface area (Å²) in [6.07, 6.45) is 0. The Balaban J connectivity index is 1.85. The van der Waals surface area contributed by atoms with Crippen molar-refractivity contribution in [3.05, 3.63) is 89.4 Å². The molecule has 0 aliphatic carbocycles. The largest absolute Gasteiger partial charge is 0.497 e. The van der Waals surface area contributed by atoms with Gasteiger partial charge in [-0.3, -0.25) is 4.31 Å². The Kier molecular flexibility index (Phi) is 4.91. The second-order valence-electron chi connectivity index (χ2n) is 6.44. The van der Waals surface area contributed by atoms with Gasteiger partial charge in [0.05, 0.1) is 31.1 Å². The lowest BCUT2D eigenvalue weighted by atomic mass is 10.1. The second-order valence-corrected chi connectivity index (χ2v) is 8.61. The molecule has 0 radical (unpaired) electrons. The zero-order chi connectivity index (χ0) is 19.7. The molecule has 144 valence electrons. The molecule has 1 aliphatic heterocycles. The highest BCUT2D eigenvalue weighted by Gasteiger charge is 2.45. The molecule has 1 aliphatic rings. The molecule has 0 saturated carbocycles. The number of hydrogen-bond acceptors (Lipinski definition) is 3. The van der Waals surface area contributed by atoms with Crippen LogP contribution in [-0.4, -0.2) is 22.1 Å². The Morgan fingerprint density at radius 1 is 0.929 bits per heavy atom. The quantitative estimate of drug-likeness (QED) is 0.623. The topological polar surface area (TPSA) is 49.9 Å². The van der Waals surface area contributed by atoms with Crippen LogP contribution in [0.25, 0.3) is 0 Å². The standard InChI is InChI=1S/C21H19ClN2O3S/c1-27-20-9-5-6-16(14-20)21-15-23(18-7-3-2-4-8-18)28(25,26)24(21)19-12-10-17(22)11-13-19/h2-14,21H,15H2,1H3/t21-/m1/s1. The summed E-state index contributed by atoms with van der Waals surface area (Å²) in [7, 11) is -2.19. The van der Waals surface area contributed by atoms with Crippen molar-refractivity contribution in [2.45, 2.75) is 6.04 Å². The molecule has 1 fully saturated rings. The van der Waals surface area contributed by atoms with Gasteiger partial charge in [0.1, 0.15) is 5.75 Å². The number of anilines is 2. The first-order valence-electron chi connectivity index (χ1n) is 8.77. The normalized spacial score (nSPS) is 18.3. The van der Waals surface area contributed by atoms with Crippen molar-refractivity contribution in [2.75, 3.05) is 22.3 Å². The molecule has 1 atom stereocenters. The van der Waals surface area contributed by atoms with Gasteiger partial charge in [0.25, 0.3) is 0 Å². The number of benzene rings is 3. The highest BCUT2D eigenvalue weighted by atomic mass is 35.5. The molecule has 4 rings (SSSR count). The van der Waals surface area contributed by atoms with Crippen molar-refractivity contribution < 1.29 is 13.2 Å². The van der Waals surface area contributed by atoms with Crippen LogP contribution in [0.3, 0.4) is 0 Å². The molecule has 1 heterocycles. The molecule has 3 aromatic rings. The Morgan fingerprint density at radius 2 is 1.64 bits per heavy atom. The molecule has 1 saturated heterocycles. The number of methoxy groups -OCH3 is 1. The molecule has 0 amide bonds. The maximum absolute atomic E-state index is 13.5. The molecular formula is C21H19ClN2O3S. The van der Waals surface area contributed by atoms with Crippen molar-refractivity contribution in [1.82, 2.24) is 0 Å². The van der Waals surface area contributed by atoms with Gasteiger partial charge in [-0.25, -0.2) is 4.31 Å². The highest BCUT2D eigenvalue weighted by Crippen LogP contribution is 2.41. The lowest BCUT2D eigenvalue weighted by molar-refractivity contribution is 0.414. The van der Waals surface area contributed by atoms with E-state index < -0.39 is 16.3 Å². The minimum Gasteiger partial charge on any atom is -0.497 e. The van der Waals surface area contributed by atoms with Crippen LogP contribution in [-0.2, 0) is 10.2 Å². The first-order valence-corrected chi connectivity index (χ1v) is 10.5. The van der Waals surface area contributed by atoms with Gasteiger partial charge in [0.2, 0.25) is 0 Å². The molecule has 0 N–H and O–H groups in total. The number of hydrogen-bond donors (Lipinski definition) is 0. The Hall–Kier alpha value is -2.70. The van der Waals surface area contributed by atoms with Crippen molar-refractivity contribution in [1.29, 1.82) is 0 Å². The molecule has 0 bridgehead atoms. The Labute approximate surface area is 169 Å². The van der Waals surface area contributed by atoms with Gasteiger partial charge in [0, 0.05) is 5.02 Å². The van der Waals surface area contributed by atoms with Crippen molar-refractivity contribution >= 4 is 33.2 Å². The van der Waals surface area contributed by atoms with Gasteiger partial charge in [-0.05, 0) is 54.1 Å². The van der Waals surface area contributed by atoms with Crippen LogP contribution in [0.5, 0.6) is 5.75 Å². The predicted octanol–water partition coefficient (Wildman–Crippen LogP) is 4.66. The summed E-state index contributed by atoms with van der Waals surface area (Å²) in [5.41, 5.74) is 2.05. The maximum Gasteiger partial charge on any atom is 0.327 e. The monoisotopic (exact) mass is 414 g/mol. The average Bonchev–Trinajstić information content (AvgIpc) is 3.00. The Morgan fingerprint density at radius 3 is 2.32 bits per heavy atom. The van der Waals surface area contributed by atoms with Crippen LogP contribution < -0.4 is 13.3 Å². The van der Waals surface area contributed by atoms with Gasteiger partial charge in [-0.1, -0.05) is 41.9 Å². The third kappa shape index (κ3) is 3.30. The van der Waals surface area contributed by atoms with Crippen molar-refractivity contribution in [2.24, 2.45) is 0 Å². The fraction of sp³-hybridized carbons (Fsp3) is 0.143. The van der Waals surface area contributed by atoms with E-state index in [4.69, 9.17) is 16.3 Å². The highest BCUT2D eigenvalue weighted by molar-refractivity contribution is 7.94.